The summed E-state index contributed by atoms with van der Waals surface area (Å²) < 4.78 is 76.6. The van der Waals surface area contributed by atoms with E-state index in [1.807, 2.05) is 0 Å². The molecule has 38 heavy (non-hydrogen) atoms. The molecule has 0 spiro atoms. The van der Waals surface area contributed by atoms with Crippen molar-refractivity contribution in [2.45, 2.75) is 21.0 Å². The fraction of sp³-hybridized carbons (Fsp3) is 0.500. The molecule has 8 nitrogen and oxygen atoms in total. The molecule has 0 N–H and O–H groups in total. The van der Waals surface area contributed by atoms with Gasteiger partial charge in [-0.25, -0.2) is 16.8 Å². The zero-order valence-corrected chi connectivity index (χ0v) is 24.8. The van der Waals surface area contributed by atoms with Gasteiger partial charge < -0.3 is 18.9 Å². The fourth-order valence-corrected chi connectivity index (χ4v) is 8.85. The normalized spacial score (nSPS) is 26.0. The number of benzene rings is 2. The summed E-state index contributed by atoms with van der Waals surface area (Å²) in [6.07, 6.45) is 0. The minimum atomic E-state index is -3.90. The molecule has 2 aromatic rings. The van der Waals surface area contributed by atoms with Crippen LogP contribution >= 0.6 is 46.4 Å². The highest BCUT2D eigenvalue weighted by molar-refractivity contribution is 7.93. The lowest BCUT2D eigenvalue weighted by molar-refractivity contribution is 0.260. The Morgan fingerprint density at radius 1 is 0.500 bits per heavy atom. The first-order valence-corrected chi connectivity index (χ1v) is 16.9. The molecule has 0 saturated heterocycles. The number of alkyl halides is 4. The zero-order chi connectivity index (χ0) is 27.8. The second-order valence-corrected chi connectivity index (χ2v) is 14.7. The van der Waals surface area contributed by atoms with Crippen molar-refractivity contribution in [3.63, 3.8) is 0 Å². The highest BCUT2D eigenvalue weighted by Crippen LogP contribution is 2.31. The minimum absolute atomic E-state index is 0.217. The van der Waals surface area contributed by atoms with Crippen molar-refractivity contribution < 1.29 is 35.8 Å². The van der Waals surface area contributed by atoms with Gasteiger partial charge in [-0.1, -0.05) is 24.3 Å². The number of hydrogen-bond donors (Lipinski definition) is 0. The van der Waals surface area contributed by atoms with Gasteiger partial charge in [0.2, 0.25) is 0 Å². The van der Waals surface area contributed by atoms with E-state index in [9.17, 15) is 16.8 Å². The largest absolute Gasteiger partial charge is 0.488 e. The molecular weight excluding hydrogens is 622 g/mol. The third kappa shape index (κ3) is 7.46. The third-order valence-corrected chi connectivity index (χ3v) is 13.1. The Hall–Kier alpha value is -1.30. The number of halogens is 4. The van der Waals surface area contributed by atoms with E-state index in [4.69, 9.17) is 65.4 Å². The van der Waals surface area contributed by atoms with Crippen molar-refractivity contribution in [2.24, 2.45) is 0 Å². The lowest BCUT2D eigenvalue weighted by atomic mass is 10.3. The molecule has 4 atom stereocenters. The van der Waals surface area contributed by atoms with E-state index >= 15 is 0 Å². The van der Waals surface area contributed by atoms with Crippen LogP contribution in [0.5, 0.6) is 23.0 Å². The summed E-state index contributed by atoms with van der Waals surface area (Å²) in [5.41, 5.74) is 0. The molecule has 0 amide bonds. The Balaban J connectivity index is 2.01. The molecule has 0 radical (unpaired) electrons. The Kier molecular flexibility index (Phi) is 11.8. The summed E-state index contributed by atoms with van der Waals surface area (Å²) in [5.74, 6) is -0.112. The van der Waals surface area contributed by atoms with Gasteiger partial charge in [0, 0.05) is 23.5 Å². The molecule has 1 aliphatic heterocycles. The molecule has 2 aromatic carbocycles. The van der Waals surface area contributed by atoms with Gasteiger partial charge in [-0.2, -0.15) is 0 Å². The molecule has 1 heterocycles. The number of fused-ring (bicyclic) bond motifs is 2. The lowest BCUT2D eigenvalue weighted by Gasteiger charge is -2.25. The molecule has 0 unspecified atom stereocenters. The van der Waals surface area contributed by atoms with E-state index in [2.05, 4.69) is 0 Å². The summed E-state index contributed by atoms with van der Waals surface area (Å²) in [4.78, 5) is 0. The van der Waals surface area contributed by atoms with Crippen LogP contribution in [0.4, 0.5) is 0 Å². The summed E-state index contributed by atoms with van der Waals surface area (Å²) in [5, 5.41) is -4.41. The first-order valence-electron chi connectivity index (χ1n) is 11.6. The first-order chi connectivity index (χ1) is 18.2. The molecule has 0 aliphatic carbocycles. The number of ether oxygens (including phenoxy) is 4. The Morgan fingerprint density at radius 3 is 0.895 bits per heavy atom. The van der Waals surface area contributed by atoms with Gasteiger partial charge in [0.05, 0.1) is 0 Å². The van der Waals surface area contributed by atoms with Gasteiger partial charge in [-0.15, -0.1) is 46.4 Å². The van der Waals surface area contributed by atoms with Crippen LogP contribution in [-0.4, -0.2) is 87.8 Å². The van der Waals surface area contributed by atoms with Gasteiger partial charge in [0.15, 0.2) is 42.7 Å². The van der Waals surface area contributed by atoms with Crippen LogP contribution in [0.1, 0.15) is 0 Å². The van der Waals surface area contributed by atoms with Crippen molar-refractivity contribution in [3.8, 4) is 23.0 Å². The molecule has 0 aromatic heterocycles. The van der Waals surface area contributed by atoms with E-state index in [-0.39, 0.29) is 72.9 Å². The second-order valence-electron chi connectivity index (χ2n) is 8.42. The monoisotopic (exact) mass is 648 g/mol. The van der Waals surface area contributed by atoms with Crippen LogP contribution in [0.25, 0.3) is 0 Å². The number of para-hydroxylation sites is 4. The standard InChI is InChI=1S/C24H28Cl4O8S2/c25-9-17-13-33-21-5-1-2-6-22(21)34-14-18(10-26)38(31,32)20(12-28)16-36-24-8-4-3-7-23(24)35-15-19(11-27)37(17,29)30/h1-8,17-20H,9-16H2/t17-,18-,19-,20+/m0/s1. The van der Waals surface area contributed by atoms with Crippen LogP contribution in [0, 0.1) is 0 Å². The first kappa shape index (κ1) is 31.2. The molecular formula is C24H28Cl4O8S2. The van der Waals surface area contributed by atoms with Gasteiger partial charge in [-0.3, -0.25) is 0 Å². The van der Waals surface area contributed by atoms with Crippen LogP contribution in [0.15, 0.2) is 48.5 Å². The molecule has 212 valence electrons. The summed E-state index contributed by atoms with van der Waals surface area (Å²) >= 11 is 24.2. The van der Waals surface area contributed by atoms with Gasteiger partial charge in [0.1, 0.15) is 47.4 Å². The number of hydrogen-bond acceptors (Lipinski definition) is 8. The van der Waals surface area contributed by atoms with Crippen LogP contribution in [0.3, 0.4) is 0 Å². The smallest absolute Gasteiger partial charge is 0.165 e. The van der Waals surface area contributed by atoms with Gasteiger partial charge in [0.25, 0.3) is 0 Å². The predicted octanol–water partition coefficient (Wildman–Crippen LogP) is 4.17. The van der Waals surface area contributed by atoms with Crippen molar-refractivity contribution in [3.05, 3.63) is 48.5 Å². The van der Waals surface area contributed by atoms with Crippen molar-refractivity contribution in [1.82, 2.24) is 0 Å². The van der Waals surface area contributed by atoms with Crippen molar-refractivity contribution in [1.29, 1.82) is 0 Å². The van der Waals surface area contributed by atoms with Crippen LogP contribution < -0.4 is 18.9 Å². The number of sulfone groups is 2. The van der Waals surface area contributed by atoms with E-state index in [1.165, 1.54) is 0 Å². The van der Waals surface area contributed by atoms with E-state index < -0.39 is 40.7 Å². The number of rotatable bonds is 4. The van der Waals surface area contributed by atoms with Crippen molar-refractivity contribution >= 4 is 66.1 Å². The zero-order valence-electron chi connectivity index (χ0n) is 20.2. The third-order valence-electron chi connectivity index (χ3n) is 5.94. The predicted molar refractivity (Wildman–Crippen MR) is 151 cm³/mol. The lowest BCUT2D eigenvalue weighted by Crippen LogP contribution is -2.42. The quantitative estimate of drug-likeness (QED) is 0.455. The van der Waals surface area contributed by atoms with Crippen LogP contribution in [0.2, 0.25) is 0 Å². The van der Waals surface area contributed by atoms with E-state index in [0.29, 0.717) is 0 Å². The average molecular weight is 650 g/mol. The molecule has 14 heteroatoms. The second kappa shape index (κ2) is 14.4. The van der Waals surface area contributed by atoms with Gasteiger partial charge in [-0.05, 0) is 24.3 Å². The topological polar surface area (TPSA) is 105 Å². The Morgan fingerprint density at radius 2 is 0.711 bits per heavy atom. The Labute approximate surface area is 243 Å². The maximum Gasteiger partial charge on any atom is 0.165 e. The average Bonchev–Trinajstić information content (AvgIpc) is 2.90. The molecule has 0 fully saturated rings. The summed E-state index contributed by atoms with van der Waals surface area (Å²) in [7, 11) is -7.80. The fourth-order valence-electron chi connectivity index (χ4n) is 3.56. The SMILES string of the molecule is O=S1(=O)[C@H](CCl)COc2ccccc2OC[C@H](CCl)S(=O)(=O)[C@@H](CCl)COc2ccccc2OC[C@@H]1CCl. The van der Waals surface area contributed by atoms with E-state index in [0.717, 1.165) is 0 Å². The van der Waals surface area contributed by atoms with Crippen molar-refractivity contribution in [2.75, 3.05) is 49.9 Å². The molecule has 0 bridgehead atoms. The van der Waals surface area contributed by atoms with E-state index in [1.54, 1.807) is 48.5 Å². The van der Waals surface area contributed by atoms with Gasteiger partial charge >= 0.3 is 0 Å². The summed E-state index contributed by atoms with van der Waals surface area (Å²) in [6.45, 7) is -1.15. The molecule has 0 saturated carbocycles. The Bertz CT molecular complexity index is 1080. The maximum absolute atomic E-state index is 13.4. The highest BCUT2D eigenvalue weighted by atomic mass is 35.5. The minimum Gasteiger partial charge on any atom is -0.488 e. The highest BCUT2D eigenvalue weighted by Gasteiger charge is 2.37. The van der Waals surface area contributed by atoms with Crippen LogP contribution in [-0.2, 0) is 19.7 Å². The maximum atomic E-state index is 13.4. The molecule has 1 aliphatic rings. The summed E-state index contributed by atoms with van der Waals surface area (Å²) in [6, 6.07) is 13.0. The molecule has 3 rings (SSSR count).